The molecule has 3 heterocycles. The zero-order chi connectivity index (χ0) is 43.6. The lowest BCUT2D eigenvalue weighted by molar-refractivity contribution is -0.148. The predicted molar refractivity (Wildman–Crippen MR) is 238 cm³/mol. The van der Waals surface area contributed by atoms with Gasteiger partial charge in [-0.3, -0.25) is 0 Å². The Bertz CT molecular complexity index is 1850. The number of carbonyl (C=O) groups is 2. The van der Waals surface area contributed by atoms with Gasteiger partial charge in [0.15, 0.2) is 5.79 Å². The van der Waals surface area contributed by atoms with Gasteiger partial charge in [-0.25, -0.2) is 9.59 Å². The Kier molecular flexibility index (Phi) is 17.5. The lowest BCUT2D eigenvalue weighted by atomic mass is 9.93. The lowest BCUT2D eigenvalue weighted by Crippen LogP contribution is -2.31. The second kappa shape index (κ2) is 21.6. The molecule has 59 heavy (non-hydrogen) atoms. The molecule has 10 atom stereocenters. The zero-order valence-corrected chi connectivity index (χ0v) is 37.8. The third-order valence-corrected chi connectivity index (χ3v) is 11.9. The van der Waals surface area contributed by atoms with Crippen LogP contribution < -0.4 is 0 Å². The third-order valence-electron chi connectivity index (χ3n) is 11.9. The molecule has 0 radical (unpaired) electrons. The van der Waals surface area contributed by atoms with Crippen LogP contribution in [-0.4, -0.2) is 64.6 Å². The molecule has 0 aliphatic carbocycles. The van der Waals surface area contributed by atoms with Crippen molar-refractivity contribution in [1.29, 1.82) is 0 Å². The molecule has 0 saturated carbocycles. The smallest absolute Gasteiger partial charge is 0.339 e. The zero-order valence-electron chi connectivity index (χ0n) is 37.8. The fourth-order valence-corrected chi connectivity index (χ4v) is 8.02. The van der Waals surface area contributed by atoms with Crippen LogP contribution in [0, 0.1) is 37.5 Å². The normalized spacial score (nSPS) is 32.2. The quantitative estimate of drug-likeness (QED) is 0.232. The van der Waals surface area contributed by atoms with Crippen molar-refractivity contribution in [3.05, 3.63) is 105 Å². The number of hydrogen-bond donors (Lipinski definition) is 2. The number of esters is 2. The van der Waals surface area contributed by atoms with E-state index in [-0.39, 0.29) is 60.0 Å². The fraction of sp³-hybridized carbons (Fsp3) is 0.569. The van der Waals surface area contributed by atoms with Gasteiger partial charge in [0, 0.05) is 23.7 Å². The van der Waals surface area contributed by atoms with Crippen molar-refractivity contribution in [3.8, 4) is 0 Å². The Hall–Kier alpha value is -3.82. The molecule has 8 nitrogen and oxygen atoms in total. The number of hydrogen-bond acceptors (Lipinski definition) is 8. The third kappa shape index (κ3) is 13.1. The molecule has 324 valence electrons. The highest BCUT2D eigenvalue weighted by atomic mass is 16.8. The second-order valence-electron chi connectivity index (χ2n) is 17.7. The predicted octanol–water partition coefficient (Wildman–Crippen LogP) is 10.7. The first kappa shape index (κ1) is 47.9. The maximum Gasteiger partial charge on any atom is 0.339 e. The summed E-state index contributed by atoms with van der Waals surface area (Å²) in [5.74, 6) is -1.07. The van der Waals surface area contributed by atoms with E-state index in [1.807, 2.05) is 85.8 Å². The first-order chi connectivity index (χ1) is 27.8. The molecular formula is C51H72O8. The number of carbonyl (C=O) groups excluding carboxylic acids is 2. The number of aliphatic hydroxyl groups is 2. The van der Waals surface area contributed by atoms with E-state index in [4.69, 9.17) is 18.9 Å². The molecule has 8 heteroatoms. The van der Waals surface area contributed by atoms with E-state index < -0.39 is 18.0 Å². The van der Waals surface area contributed by atoms with E-state index in [0.29, 0.717) is 17.5 Å². The summed E-state index contributed by atoms with van der Waals surface area (Å²) in [6.07, 6.45) is 18.8. The number of benzene rings is 2. The highest BCUT2D eigenvalue weighted by Crippen LogP contribution is 2.35. The minimum absolute atomic E-state index is 0.00246. The van der Waals surface area contributed by atoms with Crippen LogP contribution in [0.4, 0.5) is 0 Å². The van der Waals surface area contributed by atoms with Gasteiger partial charge < -0.3 is 29.2 Å². The second-order valence-corrected chi connectivity index (χ2v) is 17.7. The number of cyclic esters (lactones) is 2. The van der Waals surface area contributed by atoms with Crippen LogP contribution >= 0.6 is 0 Å². The van der Waals surface area contributed by atoms with Gasteiger partial charge in [0.25, 0.3) is 0 Å². The minimum atomic E-state index is -0.859. The summed E-state index contributed by atoms with van der Waals surface area (Å²) in [5.41, 5.74) is 7.23. The van der Waals surface area contributed by atoms with E-state index in [9.17, 15) is 19.8 Å². The molecule has 2 N–H and O–H groups in total. The molecule has 5 rings (SSSR count). The SMILES string of the molecule is CCCc1cc(C)c2c(c1)/C=C/C[C@@H]1OC(C)(C)O[C@@H]1[C@H](C)/C=C\[C@@H](C)[C@H](C)OC2=O.CCCc1cc(C)c2c(c1)/C=C/C[C@H](O)[C@H](O)[C@H](C)/C=C\[C@@H](C)[C@H](C)OC2=O. The van der Waals surface area contributed by atoms with E-state index in [2.05, 4.69) is 70.2 Å². The summed E-state index contributed by atoms with van der Waals surface area (Å²) in [6, 6.07) is 8.31. The van der Waals surface area contributed by atoms with Crippen LogP contribution in [0.5, 0.6) is 0 Å². The summed E-state index contributed by atoms with van der Waals surface area (Å²) < 4.78 is 24.1. The highest BCUT2D eigenvalue weighted by molar-refractivity contribution is 5.96. The molecule has 2 aromatic rings. The van der Waals surface area contributed by atoms with Crippen molar-refractivity contribution in [2.45, 2.75) is 164 Å². The number of ether oxygens (including phenoxy) is 4. The van der Waals surface area contributed by atoms with Crippen LogP contribution in [0.1, 0.15) is 149 Å². The van der Waals surface area contributed by atoms with Crippen molar-refractivity contribution < 1.29 is 38.7 Å². The number of rotatable bonds is 4. The standard InChI is InChI=1S/C27H38O4.C24H34O4/c1-8-10-21-15-19(4)24-22(16-21)11-9-12-23-25(31-27(6,7)30-23)18(3)14-13-17(2)20(5)29-26(24)28;1-6-8-19-13-17(4)22-20(14-19)9-7-10-21(25)23(26)16(3)12-11-15(2)18(5)28-24(22)27/h9,11,13-18,20,23,25H,8,10,12H2,1-7H3;7,9,11-16,18,21,23,25-26H,6,8,10H2,1-5H3/b11-9+,14-13-;9-7+,12-11-/t17-,18-,20+,23+,25-;15-,16-,18+,21+,23-/m11/s1. The first-order valence-corrected chi connectivity index (χ1v) is 22.0. The lowest BCUT2D eigenvalue weighted by Gasteiger charge is -2.23. The summed E-state index contributed by atoms with van der Waals surface area (Å²) in [4.78, 5) is 26.1. The Balaban J connectivity index is 0.000000262. The molecule has 1 fully saturated rings. The van der Waals surface area contributed by atoms with Crippen LogP contribution in [0.3, 0.4) is 0 Å². The maximum absolute atomic E-state index is 13.1. The van der Waals surface area contributed by atoms with E-state index >= 15 is 0 Å². The maximum atomic E-state index is 13.1. The van der Waals surface area contributed by atoms with Crippen molar-refractivity contribution in [2.24, 2.45) is 23.7 Å². The van der Waals surface area contributed by atoms with Crippen molar-refractivity contribution >= 4 is 24.1 Å². The van der Waals surface area contributed by atoms with Gasteiger partial charge in [-0.15, -0.1) is 0 Å². The number of aryl methyl sites for hydroxylation is 4. The number of fused-ring (bicyclic) bond motifs is 3. The van der Waals surface area contributed by atoms with Crippen molar-refractivity contribution in [2.75, 3.05) is 0 Å². The fourth-order valence-electron chi connectivity index (χ4n) is 8.02. The Morgan fingerprint density at radius 1 is 0.627 bits per heavy atom. The topological polar surface area (TPSA) is 112 Å². The summed E-state index contributed by atoms with van der Waals surface area (Å²) >= 11 is 0. The van der Waals surface area contributed by atoms with Crippen molar-refractivity contribution in [3.63, 3.8) is 0 Å². The first-order valence-electron chi connectivity index (χ1n) is 22.0. The van der Waals surface area contributed by atoms with E-state index in [1.54, 1.807) is 0 Å². The van der Waals surface area contributed by atoms with Gasteiger partial charge in [0.2, 0.25) is 0 Å². The molecule has 2 aromatic carbocycles. The Morgan fingerprint density at radius 2 is 1.07 bits per heavy atom. The largest absolute Gasteiger partial charge is 0.458 e. The molecule has 1 saturated heterocycles. The van der Waals surface area contributed by atoms with Crippen LogP contribution in [0.2, 0.25) is 0 Å². The summed E-state index contributed by atoms with van der Waals surface area (Å²) in [5, 5.41) is 20.7. The summed E-state index contributed by atoms with van der Waals surface area (Å²) in [6.45, 7) is 24.1. The molecule has 3 aliphatic rings. The molecule has 0 bridgehead atoms. The molecule has 0 spiro atoms. The molecule has 0 aromatic heterocycles. The Labute approximate surface area is 354 Å². The van der Waals surface area contributed by atoms with Gasteiger partial charge in [-0.05, 0) is 101 Å². The summed E-state index contributed by atoms with van der Waals surface area (Å²) in [7, 11) is 0. The average Bonchev–Trinajstić information content (AvgIpc) is 3.48. The molecule has 3 aliphatic heterocycles. The van der Waals surface area contributed by atoms with Gasteiger partial charge in [-0.1, -0.05) is 127 Å². The van der Waals surface area contributed by atoms with E-state index in [1.165, 1.54) is 11.1 Å². The molecular weight excluding hydrogens is 741 g/mol. The van der Waals surface area contributed by atoms with Gasteiger partial charge in [-0.2, -0.15) is 0 Å². The molecule has 0 amide bonds. The highest BCUT2D eigenvalue weighted by Gasteiger charge is 2.42. The van der Waals surface area contributed by atoms with Crippen LogP contribution in [0.15, 0.2) is 60.7 Å². The van der Waals surface area contributed by atoms with Crippen LogP contribution in [0.25, 0.3) is 12.2 Å². The monoisotopic (exact) mass is 813 g/mol. The average molecular weight is 813 g/mol. The molecule has 0 unspecified atom stereocenters. The van der Waals surface area contributed by atoms with E-state index in [0.717, 1.165) is 54.4 Å². The number of aliphatic hydroxyl groups excluding tert-OH is 2. The van der Waals surface area contributed by atoms with Gasteiger partial charge in [0.1, 0.15) is 12.2 Å². The van der Waals surface area contributed by atoms with Gasteiger partial charge >= 0.3 is 11.9 Å². The van der Waals surface area contributed by atoms with Crippen molar-refractivity contribution in [1.82, 2.24) is 0 Å². The Morgan fingerprint density at radius 3 is 1.54 bits per heavy atom. The minimum Gasteiger partial charge on any atom is -0.458 e. The van der Waals surface area contributed by atoms with Crippen LogP contribution in [-0.2, 0) is 31.8 Å². The van der Waals surface area contributed by atoms with Gasteiger partial charge in [0.05, 0.1) is 35.5 Å².